The molecule has 5 heteroatoms. The van der Waals surface area contributed by atoms with Crippen LogP contribution in [0.1, 0.15) is 17.3 Å². The average Bonchev–Trinajstić information content (AvgIpc) is 2.84. The number of rotatable bonds is 5. The van der Waals surface area contributed by atoms with E-state index in [1.54, 1.807) is 0 Å². The van der Waals surface area contributed by atoms with Crippen LogP contribution in [0.25, 0.3) is 0 Å². The Morgan fingerprint density at radius 3 is 2.75 bits per heavy atom. The van der Waals surface area contributed by atoms with Gasteiger partial charge in [0.15, 0.2) is 0 Å². The molecule has 0 amide bonds. The zero-order valence-electron chi connectivity index (χ0n) is 8.71. The summed E-state index contributed by atoms with van der Waals surface area (Å²) < 4.78 is 3.79. The van der Waals surface area contributed by atoms with Crippen LogP contribution in [0.2, 0.25) is 0 Å². The summed E-state index contributed by atoms with van der Waals surface area (Å²) >= 11 is 1.33. The molecule has 0 aliphatic heterocycles. The molecule has 16 heavy (non-hydrogen) atoms. The highest BCUT2D eigenvalue weighted by molar-refractivity contribution is 7.03. The highest BCUT2D eigenvalue weighted by atomic mass is 32.1. The van der Waals surface area contributed by atoms with Crippen LogP contribution in [0.4, 0.5) is 0 Å². The van der Waals surface area contributed by atoms with Crippen molar-refractivity contribution in [1.82, 2.24) is 14.9 Å². The molecular weight excluding hydrogens is 222 g/mol. The Kier molecular flexibility index (Phi) is 3.98. The van der Waals surface area contributed by atoms with Crippen LogP contribution >= 0.6 is 11.5 Å². The monoisotopic (exact) mass is 235 g/mol. The van der Waals surface area contributed by atoms with Gasteiger partial charge in [-0.05, 0) is 17.1 Å². The van der Waals surface area contributed by atoms with Crippen molar-refractivity contribution in [3.8, 4) is 0 Å². The molecule has 1 aromatic carbocycles. The normalized spacial score (nSPS) is 12.6. The van der Waals surface area contributed by atoms with E-state index in [4.69, 9.17) is 0 Å². The van der Waals surface area contributed by atoms with Gasteiger partial charge in [-0.1, -0.05) is 34.8 Å². The first-order chi connectivity index (χ1) is 7.90. The molecular formula is C11H13N3OS. The van der Waals surface area contributed by atoms with E-state index in [9.17, 15) is 5.11 Å². The van der Waals surface area contributed by atoms with E-state index in [-0.39, 0.29) is 12.6 Å². The Balaban J connectivity index is 1.96. The predicted molar refractivity (Wildman–Crippen MR) is 63.0 cm³/mol. The van der Waals surface area contributed by atoms with Gasteiger partial charge in [0.2, 0.25) is 0 Å². The van der Waals surface area contributed by atoms with E-state index in [1.165, 1.54) is 11.5 Å². The quantitative estimate of drug-likeness (QED) is 0.821. The molecule has 84 valence electrons. The standard InChI is InChI=1S/C11H13N3OS/c15-7-11(9-4-2-1-3-5-9)12-6-10-8-16-14-13-10/h1-5,8,11-12,15H,6-7H2/t11-/m1/s1. The summed E-state index contributed by atoms with van der Waals surface area (Å²) in [4.78, 5) is 0. The summed E-state index contributed by atoms with van der Waals surface area (Å²) in [6, 6.07) is 9.82. The second-order valence-corrected chi connectivity index (χ2v) is 4.03. The number of nitrogens with one attached hydrogen (secondary N) is 1. The van der Waals surface area contributed by atoms with Crippen molar-refractivity contribution >= 4 is 11.5 Å². The zero-order valence-corrected chi connectivity index (χ0v) is 9.52. The number of hydrogen-bond donors (Lipinski definition) is 2. The molecule has 1 atom stereocenters. The minimum absolute atomic E-state index is 0.0529. The van der Waals surface area contributed by atoms with Crippen molar-refractivity contribution in [3.63, 3.8) is 0 Å². The van der Waals surface area contributed by atoms with Gasteiger partial charge in [-0.25, -0.2) is 0 Å². The fourth-order valence-corrected chi connectivity index (χ4v) is 1.91. The molecule has 1 aromatic heterocycles. The molecule has 0 aliphatic carbocycles. The number of nitrogens with zero attached hydrogens (tertiary/aromatic N) is 2. The van der Waals surface area contributed by atoms with Gasteiger partial charge < -0.3 is 10.4 Å². The Morgan fingerprint density at radius 1 is 1.31 bits per heavy atom. The summed E-state index contributed by atoms with van der Waals surface area (Å²) in [6.07, 6.45) is 0. The zero-order chi connectivity index (χ0) is 11.2. The Hall–Kier alpha value is -1.30. The summed E-state index contributed by atoms with van der Waals surface area (Å²) in [5.41, 5.74) is 1.98. The molecule has 2 aromatic rings. The van der Waals surface area contributed by atoms with Gasteiger partial charge in [-0.3, -0.25) is 0 Å². The minimum Gasteiger partial charge on any atom is -0.394 e. The van der Waals surface area contributed by atoms with E-state index >= 15 is 0 Å². The second-order valence-electron chi connectivity index (χ2n) is 3.42. The molecule has 2 N–H and O–H groups in total. The van der Waals surface area contributed by atoms with Gasteiger partial charge in [0.25, 0.3) is 0 Å². The van der Waals surface area contributed by atoms with E-state index in [2.05, 4.69) is 14.9 Å². The molecule has 1 heterocycles. The molecule has 2 rings (SSSR count). The van der Waals surface area contributed by atoms with Crippen molar-refractivity contribution in [2.24, 2.45) is 0 Å². The lowest BCUT2D eigenvalue weighted by Crippen LogP contribution is -2.24. The summed E-state index contributed by atoms with van der Waals surface area (Å²) in [5, 5.41) is 18.4. The average molecular weight is 235 g/mol. The first kappa shape index (κ1) is 11.2. The van der Waals surface area contributed by atoms with Gasteiger partial charge in [0.1, 0.15) is 0 Å². The maximum Gasteiger partial charge on any atom is 0.0893 e. The first-order valence-corrected chi connectivity index (χ1v) is 5.89. The lowest BCUT2D eigenvalue weighted by atomic mass is 10.1. The van der Waals surface area contributed by atoms with Gasteiger partial charge >= 0.3 is 0 Å². The minimum atomic E-state index is -0.0529. The lowest BCUT2D eigenvalue weighted by Gasteiger charge is -2.15. The molecule has 0 radical (unpaired) electrons. The van der Waals surface area contributed by atoms with Crippen molar-refractivity contribution in [2.75, 3.05) is 6.61 Å². The molecule has 0 fully saturated rings. The summed E-state index contributed by atoms with van der Waals surface area (Å²) in [6.45, 7) is 0.693. The first-order valence-electron chi connectivity index (χ1n) is 5.05. The number of aliphatic hydroxyl groups is 1. The highest BCUT2D eigenvalue weighted by Crippen LogP contribution is 2.12. The smallest absolute Gasteiger partial charge is 0.0893 e. The topological polar surface area (TPSA) is 58.0 Å². The maximum atomic E-state index is 9.31. The van der Waals surface area contributed by atoms with E-state index in [1.807, 2.05) is 35.7 Å². The summed E-state index contributed by atoms with van der Waals surface area (Å²) in [7, 11) is 0. The van der Waals surface area contributed by atoms with Crippen LogP contribution in [0, 0.1) is 0 Å². The predicted octanol–water partition coefficient (Wildman–Crippen LogP) is 1.36. The Bertz CT molecular complexity index is 404. The van der Waals surface area contributed by atoms with Crippen molar-refractivity contribution < 1.29 is 5.11 Å². The highest BCUT2D eigenvalue weighted by Gasteiger charge is 2.09. The molecule has 0 spiro atoms. The number of aliphatic hydroxyl groups excluding tert-OH is 1. The van der Waals surface area contributed by atoms with Gasteiger partial charge in [0.05, 0.1) is 18.3 Å². The summed E-state index contributed by atoms with van der Waals surface area (Å²) in [5.74, 6) is 0. The number of hydrogen-bond acceptors (Lipinski definition) is 5. The molecule has 4 nitrogen and oxygen atoms in total. The largest absolute Gasteiger partial charge is 0.394 e. The van der Waals surface area contributed by atoms with Crippen LogP contribution < -0.4 is 5.32 Å². The maximum absolute atomic E-state index is 9.31. The molecule has 0 aliphatic rings. The van der Waals surface area contributed by atoms with Crippen LogP contribution in [-0.2, 0) is 6.54 Å². The number of aromatic nitrogens is 2. The molecule has 0 bridgehead atoms. The van der Waals surface area contributed by atoms with E-state index in [0.717, 1.165) is 11.3 Å². The van der Waals surface area contributed by atoms with Gasteiger partial charge in [0, 0.05) is 11.9 Å². The van der Waals surface area contributed by atoms with Crippen LogP contribution in [0.5, 0.6) is 0 Å². The Labute approximate surface area is 98.1 Å². The Morgan fingerprint density at radius 2 is 2.12 bits per heavy atom. The van der Waals surface area contributed by atoms with Crippen LogP contribution in [0.15, 0.2) is 35.7 Å². The van der Waals surface area contributed by atoms with Crippen molar-refractivity contribution in [3.05, 3.63) is 47.0 Å². The number of benzene rings is 1. The SMILES string of the molecule is OC[C@@H](NCc1csnn1)c1ccccc1. The fraction of sp³-hybridized carbons (Fsp3) is 0.273. The van der Waals surface area contributed by atoms with Crippen molar-refractivity contribution in [2.45, 2.75) is 12.6 Å². The van der Waals surface area contributed by atoms with Crippen LogP contribution in [0.3, 0.4) is 0 Å². The van der Waals surface area contributed by atoms with Gasteiger partial charge in [-0.15, -0.1) is 5.10 Å². The third-order valence-corrected chi connectivity index (χ3v) is 2.87. The second kappa shape index (κ2) is 5.69. The molecule has 0 saturated carbocycles. The van der Waals surface area contributed by atoms with Crippen molar-refractivity contribution in [1.29, 1.82) is 0 Å². The van der Waals surface area contributed by atoms with E-state index in [0.29, 0.717) is 6.54 Å². The third-order valence-electron chi connectivity index (χ3n) is 2.32. The fourth-order valence-electron chi connectivity index (χ4n) is 1.46. The van der Waals surface area contributed by atoms with E-state index < -0.39 is 0 Å². The third kappa shape index (κ3) is 2.85. The lowest BCUT2D eigenvalue weighted by molar-refractivity contribution is 0.243. The molecule has 0 saturated heterocycles. The molecule has 0 unspecified atom stereocenters. The van der Waals surface area contributed by atoms with Gasteiger partial charge in [-0.2, -0.15) is 0 Å². The van der Waals surface area contributed by atoms with Crippen LogP contribution in [-0.4, -0.2) is 21.3 Å².